The lowest BCUT2D eigenvalue weighted by Crippen LogP contribution is -2.23. The van der Waals surface area contributed by atoms with Crippen LogP contribution in [0.2, 0.25) is 0 Å². The Bertz CT molecular complexity index is 1550. The third-order valence-electron chi connectivity index (χ3n) is 5.23. The Hall–Kier alpha value is -4.27. The number of halogens is 3. The molecule has 0 unspecified atom stereocenters. The van der Waals surface area contributed by atoms with Crippen molar-refractivity contribution in [1.82, 2.24) is 19.9 Å². The van der Waals surface area contributed by atoms with Crippen LogP contribution >= 0.6 is 0 Å². The van der Waals surface area contributed by atoms with E-state index in [2.05, 4.69) is 15.2 Å². The van der Waals surface area contributed by atoms with Crippen molar-refractivity contribution in [1.29, 1.82) is 0 Å². The molecule has 164 valence electrons. The van der Waals surface area contributed by atoms with Crippen LogP contribution in [0.3, 0.4) is 0 Å². The third-order valence-corrected chi connectivity index (χ3v) is 5.23. The first-order chi connectivity index (χ1) is 15.8. The number of fused-ring (bicyclic) bond motifs is 1. The van der Waals surface area contributed by atoms with E-state index in [1.807, 2.05) is 19.1 Å². The van der Waals surface area contributed by atoms with Gasteiger partial charge in [0.05, 0.1) is 16.6 Å². The van der Waals surface area contributed by atoms with E-state index in [1.54, 1.807) is 36.4 Å². The van der Waals surface area contributed by atoms with E-state index >= 15 is 0 Å². The Morgan fingerprint density at radius 3 is 2.39 bits per heavy atom. The fraction of sp³-hybridized carbons (Fsp3) is 0.0833. The molecule has 3 aromatic carbocycles. The van der Waals surface area contributed by atoms with Gasteiger partial charge in [-0.2, -0.15) is 27.9 Å². The minimum absolute atomic E-state index is 0.0130. The molecule has 0 spiro atoms. The van der Waals surface area contributed by atoms with E-state index in [9.17, 15) is 18.0 Å². The first-order valence-corrected chi connectivity index (χ1v) is 9.93. The standard InChI is InChI=1S/C24H15F3N4O2/c1-14-7-2-5-12-19(14)31-23(32)18-11-4-3-10-17(18)20(29-31)22-28-21(30-33-22)15-8-6-9-16(13-15)24(25,26)27/h2-13H,1H3. The Kier molecular flexibility index (Phi) is 4.81. The topological polar surface area (TPSA) is 73.8 Å². The van der Waals surface area contributed by atoms with E-state index in [0.29, 0.717) is 16.5 Å². The average molecular weight is 448 g/mol. The summed E-state index contributed by atoms with van der Waals surface area (Å²) < 4.78 is 45.9. The Morgan fingerprint density at radius 2 is 1.64 bits per heavy atom. The van der Waals surface area contributed by atoms with Gasteiger partial charge in [-0.1, -0.05) is 53.7 Å². The molecule has 2 heterocycles. The maximum absolute atomic E-state index is 13.2. The van der Waals surface area contributed by atoms with Crippen LogP contribution in [0.1, 0.15) is 11.1 Å². The van der Waals surface area contributed by atoms with E-state index in [0.717, 1.165) is 17.7 Å². The maximum atomic E-state index is 13.2. The van der Waals surface area contributed by atoms with E-state index in [4.69, 9.17) is 4.52 Å². The number of alkyl halides is 3. The van der Waals surface area contributed by atoms with Crippen LogP contribution in [-0.4, -0.2) is 19.9 Å². The molecule has 0 N–H and O–H groups in total. The highest BCUT2D eigenvalue weighted by molar-refractivity contribution is 5.92. The monoisotopic (exact) mass is 448 g/mol. The quantitative estimate of drug-likeness (QED) is 0.368. The number of para-hydroxylation sites is 1. The summed E-state index contributed by atoms with van der Waals surface area (Å²) in [6.07, 6.45) is -4.50. The zero-order chi connectivity index (χ0) is 23.2. The Labute approximate surface area is 184 Å². The van der Waals surface area contributed by atoms with Crippen molar-refractivity contribution < 1.29 is 17.7 Å². The summed E-state index contributed by atoms with van der Waals surface area (Å²) in [6, 6.07) is 18.8. The van der Waals surface area contributed by atoms with Gasteiger partial charge in [0.15, 0.2) is 5.69 Å². The SMILES string of the molecule is Cc1ccccc1-n1nc(-c2nc(-c3cccc(C(F)(F)F)c3)no2)c2ccccc2c1=O. The van der Waals surface area contributed by atoms with Crippen molar-refractivity contribution in [3.8, 4) is 28.7 Å². The van der Waals surface area contributed by atoms with E-state index in [-0.39, 0.29) is 28.5 Å². The molecule has 0 fully saturated rings. The van der Waals surface area contributed by atoms with Crippen molar-refractivity contribution in [2.45, 2.75) is 13.1 Å². The maximum Gasteiger partial charge on any atom is 0.416 e. The summed E-state index contributed by atoms with van der Waals surface area (Å²) in [7, 11) is 0. The van der Waals surface area contributed by atoms with Gasteiger partial charge in [-0.25, -0.2) is 0 Å². The number of aryl methyl sites for hydroxylation is 1. The van der Waals surface area contributed by atoms with E-state index in [1.165, 1.54) is 16.8 Å². The predicted molar refractivity (Wildman–Crippen MR) is 116 cm³/mol. The van der Waals surface area contributed by atoms with Crippen LogP contribution in [0, 0.1) is 6.92 Å². The zero-order valence-corrected chi connectivity index (χ0v) is 17.2. The minimum atomic E-state index is -4.50. The molecule has 5 aromatic rings. The number of aromatic nitrogens is 4. The van der Waals surface area contributed by atoms with Crippen LogP contribution < -0.4 is 5.56 Å². The van der Waals surface area contributed by atoms with Crippen molar-refractivity contribution >= 4 is 10.8 Å². The summed E-state index contributed by atoms with van der Waals surface area (Å²) >= 11 is 0. The molecule has 0 aliphatic carbocycles. The number of nitrogens with zero attached hydrogens (tertiary/aromatic N) is 4. The summed E-state index contributed by atoms with van der Waals surface area (Å²) in [5, 5.41) is 9.23. The number of hydrogen-bond acceptors (Lipinski definition) is 5. The van der Waals surface area contributed by atoms with Gasteiger partial charge in [0.25, 0.3) is 11.4 Å². The lowest BCUT2D eigenvalue weighted by Gasteiger charge is -2.11. The fourth-order valence-electron chi connectivity index (χ4n) is 3.58. The smallest absolute Gasteiger partial charge is 0.332 e. The highest BCUT2D eigenvalue weighted by atomic mass is 19.4. The number of hydrogen-bond donors (Lipinski definition) is 0. The molecule has 6 nitrogen and oxygen atoms in total. The van der Waals surface area contributed by atoms with Gasteiger partial charge >= 0.3 is 6.18 Å². The first-order valence-electron chi connectivity index (χ1n) is 9.93. The molecule has 0 atom stereocenters. The Balaban J connectivity index is 1.69. The van der Waals surface area contributed by atoms with Crippen molar-refractivity contribution in [3.63, 3.8) is 0 Å². The molecular formula is C24H15F3N4O2. The van der Waals surface area contributed by atoms with Gasteiger partial charge in [-0.05, 0) is 36.8 Å². The fourth-order valence-corrected chi connectivity index (χ4v) is 3.58. The highest BCUT2D eigenvalue weighted by Gasteiger charge is 2.31. The van der Waals surface area contributed by atoms with Gasteiger partial charge in [0, 0.05) is 10.9 Å². The lowest BCUT2D eigenvalue weighted by molar-refractivity contribution is -0.137. The highest BCUT2D eigenvalue weighted by Crippen LogP contribution is 2.32. The molecule has 0 saturated carbocycles. The van der Waals surface area contributed by atoms with Gasteiger partial charge in [-0.3, -0.25) is 4.79 Å². The van der Waals surface area contributed by atoms with Gasteiger partial charge in [-0.15, -0.1) is 0 Å². The second-order valence-electron chi connectivity index (χ2n) is 7.40. The van der Waals surface area contributed by atoms with Crippen molar-refractivity contribution in [2.75, 3.05) is 0 Å². The van der Waals surface area contributed by atoms with Crippen LogP contribution in [-0.2, 0) is 6.18 Å². The summed E-state index contributed by atoms with van der Waals surface area (Å²) in [5.41, 5.74) is 0.690. The molecule has 0 bridgehead atoms. The molecule has 5 rings (SSSR count). The van der Waals surface area contributed by atoms with Crippen LogP contribution in [0.4, 0.5) is 13.2 Å². The van der Waals surface area contributed by atoms with Crippen LogP contribution in [0.15, 0.2) is 82.1 Å². The Morgan fingerprint density at radius 1 is 0.909 bits per heavy atom. The molecule has 0 aliphatic rings. The molecule has 0 radical (unpaired) electrons. The predicted octanol–water partition coefficient (Wildman–Crippen LogP) is 5.43. The molecule has 9 heteroatoms. The average Bonchev–Trinajstić information content (AvgIpc) is 3.30. The van der Waals surface area contributed by atoms with Crippen molar-refractivity contribution in [3.05, 3.63) is 94.3 Å². The number of rotatable bonds is 3. The van der Waals surface area contributed by atoms with Gasteiger partial charge in [0.1, 0.15) is 0 Å². The van der Waals surface area contributed by atoms with Gasteiger partial charge in [0.2, 0.25) is 5.82 Å². The molecule has 0 aliphatic heterocycles. The summed E-state index contributed by atoms with van der Waals surface area (Å²) in [6.45, 7) is 1.86. The summed E-state index contributed by atoms with van der Waals surface area (Å²) in [5.74, 6) is -0.0310. The summed E-state index contributed by atoms with van der Waals surface area (Å²) in [4.78, 5) is 17.4. The minimum Gasteiger partial charge on any atom is -0.332 e. The first kappa shape index (κ1) is 20.6. The zero-order valence-electron chi connectivity index (χ0n) is 17.2. The molecule has 0 saturated heterocycles. The largest absolute Gasteiger partial charge is 0.416 e. The van der Waals surface area contributed by atoms with Crippen LogP contribution in [0.5, 0.6) is 0 Å². The van der Waals surface area contributed by atoms with Crippen molar-refractivity contribution in [2.24, 2.45) is 0 Å². The molecule has 2 aromatic heterocycles. The third kappa shape index (κ3) is 3.67. The molecular weight excluding hydrogens is 433 g/mol. The molecule has 0 amide bonds. The van der Waals surface area contributed by atoms with Gasteiger partial charge < -0.3 is 4.52 Å². The molecule has 33 heavy (non-hydrogen) atoms. The van der Waals surface area contributed by atoms with E-state index < -0.39 is 11.7 Å². The lowest BCUT2D eigenvalue weighted by atomic mass is 10.1. The normalized spacial score (nSPS) is 11.8. The second-order valence-corrected chi connectivity index (χ2v) is 7.40. The van der Waals surface area contributed by atoms with Crippen LogP contribution in [0.25, 0.3) is 39.4 Å². The second kappa shape index (κ2) is 7.70. The number of benzene rings is 3.